The van der Waals surface area contributed by atoms with Crippen molar-refractivity contribution in [3.63, 3.8) is 0 Å². The van der Waals surface area contributed by atoms with Crippen LogP contribution in [0.3, 0.4) is 0 Å². The van der Waals surface area contributed by atoms with Crippen molar-refractivity contribution >= 4 is 11.9 Å². The molecule has 0 amide bonds. The normalized spacial score (nSPS) is 10.5. The number of nitrogens with one attached hydrogen (secondary N) is 1. The van der Waals surface area contributed by atoms with E-state index in [1.165, 1.54) is 26.0 Å². The molecule has 0 saturated heterocycles. The van der Waals surface area contributed by atoms with Gasteiger partial charge in [0.25, 0.3) is 5.91 Å². The average molecular weight is 476 g/mol. The molecular weight excluding hydrogens is 450 g/mol. The number of anilines is 1. The molecule has 35 heavy (non-hydrogen) atoms. The van der Waals surface area contributed by atoms with Crippen LogP contribution in [0.25, 0.3) is 11.4 Å². The van der Waals surface area contributed by atoms with E-state index in [2.05, 4.69) is 20.4 Å². The van der Waals surface area contributed by atoms with Crippen LogP contribution in [0, 0.1) is 0 Å². The minimum atomic E-state index is -0.427. The molecule has 0 saturated carbocycles. The molecule has 4 aromatic rings. The van der Waals surface area contributed by atoms with Gasteiger partial charge in [0.05, 0.1) is 28.4 Å². The summed E-state index contributed by atoms with van der Waals surface area (Å²) < 4.78 is 22.6. The SMILES string of the molecule is COc1ccc(CNc2nc(-c3cccnc3)nn2C(=O)c2cc(OC)c(OC)c(OC)c2)cc1. The fraction of sp³-hybridized carbons (Fsp3) is 0.200. The third-order valence-electron chi connectivity index (χ3n) is 5.24. The van der Waals surface area contributed by atoms with Gasteiger partial charge in [0, 0.05) is 30.1 Å². The first kappa shape index (κ1) is 23.6. The molecule has 2 aromatic heterocycles. The highest BCUT2D eigenvalue weighted by Crippen LogP contribution is 2.38. The Morgan fingerprint density at radius 2 is 1.66 bits per heavy atom. The van der Waals surface area contributed by atoms with E-state index >= 15 is 0 Å². The van der Waals surface area contributed by atoms with E-state index in [4.69, 9.17) is 18.9 Å². The lowest BCUT2D eigenvalue weighted by molar-refractivity contribution is 0.0946. The summed E-state index contributed by atoms with van der Waals surface area (Å²) in [4.78, 5) is 22.3. The second kappa shape index (κ2) is 10.6. The second-order valence-corrected chi connectivity index (χ2v) is 7.33. The van der Waals surface area contributed by atoms with Crippen LogP contribution in [0.2, 0.25) is 0 Å². The maximum Gasteiger partial charge on any atom is 0.281 e. The molecular formula is C25H25N5O5. The number of carbonyl (C=O) groups excluding carboxylic acids is 1. The summed E-state index contributed by atoms with van der Waals surface area (Å²) in [7, 11) is 6.10. The van der Waals surface area contributed by atoms with Gasteiger partial charge >= 0.3 is 0 Å². The molecule has 4 rings (SSSR count). The highest BCUT2D eigenvalue weighted by molar-refractivity contribution is 5.98. The largest absolute Gasteiger partial charge is 0.497 e. The number of rotatable bonds is 9. The van der Waals surface area contributed by atoms with Crippen molar-refractivity contribution in [2.45, 2.75) is 6.54 Å². The highest BCUT2D eigenvalue weighted by Gasteiger charge is 2.22. The fourth-order valence-electron chi connectivity index (χ4n) is 3.44. The fourth-order valence-corrected chi connectivity index (χ4v) is 3.44. The molecule has 0 aliphatic rings. The van der Waals surface area contributed by atoms with E-state index in [9.17, 15) is 4.79 Å². The molecule has 0 atom stereocenters. The van der Waals surface area contributed by atoms with Crippen LogP contribution in [0.5, 0.6) is 23.0 Å². The Bertz CT molecular complexity index is 1280. The van der Waals surface area contributed by atoms with Crippen molar-refractivity contribution in [2.75, 3.05) is 33.8 Å². The lowest BCUT2D eigenvalue weighted by atomic mass is 10.1. The smallest absolute Gasteiger partial charge is 0.281 e. The molecule has 0 bridgehead atoms. The zero-order valence-corrected chi connectivity index (χ0v) is 19.8. The summed E-state index contributed by atoms with van der Waals surface area (Å²) >= 11 is 0. The summed E-state index contributed by atoms with van der Waals surface area (Å²) in [5.74, 6) is 2.07. The van der Waals surface area contributed by atoms with Crippen molar-refractivity contribution in [1.82, 2.24) is 19.7 Å². The van der Waals surface area contributed by atoms with Crippen LogP contribution >= 0.6 is 0 Å². The van der Waals surface area contributed by atoms with Crippen LogP contribution in [-0.4, -0.2) is 54.1 Å². The number of pyridine rings is 1. The second-order valence-electron chi connectivity index (χ2n) is 7.33. The predicted molar refractivity (Wildman–Crippen MR) is 129 cm³/mol. The molecule has 0 radical (unpaired) electrons. The third kappa shape index (κ3) is 5.01. The van der Waals surface area contributed by atoms with Crippen molar-refractivity contribution in [1.29, 1.82) is 0 Å². The molecule has 0 fully saturated rings. The number of hydrogen-bond donors (Lipinski definition) is 1. The van der Waals surface area contributed by atoms with Crippen molar-refractivity contribution in [3.05, 3.63) is 72.1 Å². The average Bonchev–Trinajstić information content (AvgIpc) is 3.35. The van der Waals surface area contributed by atoms with Crippen LogP contribution in [-0.2, 0) is 6.54 Å². The van der Waals surface area contributed by atoms with Crippen molar-refractivity contribution in [2.24, 2.45) is 0 Å². The first-order chi connectivity index (χ1) is 17.1. The minimum Gasteiger partial charge on any atom is -0.497 e. The van der Waals surface area contributed by atoms with E-state index < -0.39 is 5.91 Å². The molecule has 2 heterocycles. The predicted octanol–water partition coefficient (Wildman–Crippen LogP) is 3.68. The summed E-state index contributed by atoms with van der Waals surface area (Å²) in [6, 6.07) is 14.3. The Morgan fingerprint density at radius 3 is 2.23 bits per heavy atom. The molecule has 2 aromatic carbocycles. The number of ether oxygens (including phenoxy) is 4. The summed E-state index contributed by atoms with van der Waals surface area (Å²) in [5, 5.41) is 7.68. The van der Waals surface area contributed by atoms with Gasteiger partial charge in [-0.3, -0.25) is 9.78 Å². The number of nitrogens with zero attached hydrogens (tertiary/aromatic N) is 4. The molecule has 180 valence electrons. The van der Waals surface area contributed by atoms with Crippen LogP contribution in [0.4, 0.5) is 5.95 Å². The van der Waals surface area contributed by atoms with Crippen LogP contribution < -0.4 is 24.3 Å². The minimum absolute atomic E-state index is 0.276. The lowest BCUT2D eigenvalue weighted by Gasteiger charge is -2.14. The Labute approximate surface area is 202 Å². The molecule has 0 unspecified atom stereocenters. The summed E-state index contributed by atoms with van der Waals surface area (Å²) in [6.07, 6.45) is 3.29. The van der Waals surface area contributed by atoms with Crippen LogP contribution in [0.1, 0.15) is 15.9 Å². The van der Waals surface area contributed by atoms with E-state index in [-0.39, 0.29) is 11.5 Å². The van der Waals surface area contributed by atoms with Gasteiger partial charge in [0.2, 0.25) is 11.7 Å². The van der Waals surface area contributed by atoms with Gasteiger partial charge in [-0.25, -0.2) is 0 Å². The Morgan fingerprint density at radius 1 is 0.943 bits per heavy atom. The molecule has 0 spiro atoms. The van der Waals surface area contributed by atoms with Gasteiger partial charge < -0.3 is 24.3 Å². The number of hydrogen-bond acceptors (Lipinski definition) is 9. The van der Waals surface area contributed by atoms with Gasteiger partial charge in [-0.15, -0.1) is 5.10 Å². The van der Waals surface area contributed by atoms with E-state index in [0.717, 1.165) is 11.3 Å². The number of carbonyl (C=O) groups is 1. The van der Waals surface area contributed by atoms with E-state index in [1.807, 2.05) is 30.3 Å². The Kier molecular flexibility index (Phi) is 7.10. The topological polar surface area (TPSA) is 110 Å². The lowest BCUT2D eigenvalue weighted by Crippen LogP contribution is -2.18. The van der Waals surface area contributed by atoms with Gasteiger partial charge in [0.1, 0.15) is 5.75 Å². The van der Waals surface area contributed by atoms with Gasteiger partial charge in [-0.1, -0.05) is 12.1 Å². The number of aromatic nitrogens is 4. The maximum absolute atomic E-state index is 13.6. The molecule has 0 aliphatic heterocycles. The number of benzene rings is 2. The van der Waals surface area contributed by atoms with Crippen LogP contribution in [0.15, 0.2) is 60.9 Å². The van der Waals surface area contributed by atoms with E-state index in [0.29, 0.717) is 35.2 Å². The molecule has 1 N–H and O–H groups in total. The quantitative estimate of drug-likeness (QED) is 0.388. The first-order valence-electron chi connectivity index (χ1n) is 10.7. The Hall–Kier alpha value is -4.60. The van der Waals surface area contributed by atoms with Gasteiger partial charge in [-0.2, -0.15) is 9.67 Å². The first-order valence-corrected chi connectivity index (χ1v) is 10.7. The molecule has 0 aliphatic carbocycles. The zero-order chi connectivity index (χ0) is 24.8. The van der Waals surface area contributed by atoms with Gasteiger partial charge in [0.15, 0.2) is 17.3 Å². The highest BCUT2D eigenvalue weighted by atomic mass is 16.5. The van der Waals surface area contributed by atoms with Crippen molar-refractivity contribution in [3.8, 4) is 34.4 Å². The zero-order valence-electron chi connectivity index (χ0n) is 19.8. The van der Waals surface area contributed by atoms with Gasteiger partial charge in [-0.05, 0) is 42.0 Å². The molecule has 10 nitrogen and oxygen atoms in total. The third-order valence-corrected chi connectivity index (χ3v) is 5.24. The molecule has 10 heteroatoms. The maximum atomic E-state index is 13.6. The van der Waals surface area contributed by atoms with Crippen molar-refractivity contribution < 1.29 is 23.7 Å². The summed E-state index contributed by atoms with van der Waals surface area (Å²) in [5.41, 5.74) is 1.94. The monoisotopic (exact) mass is 475 g/mol. The standard InChI is InChI=1S/C25H25N5O5/c1-32-19-9-7-16(8-10-19)14-27-25-28-23(17-6-5-11-26-15-17)29-30(25)24(31)18-12-20(33-2)22(35-4)21(13-18)34-3/h5-13,15H,14H2,1-4H3,(H,27,28,29). The number of methoxy groups -OCH3 is 4. The Balaban J connectivity index is 1.72. The summed E-state index contributed by atoms with van der Waals surface area (Å²) in [6.45, 7) is 0.414. The van der Waals surface area contributed by atoms with E-state index in [1.54, 1.807) is 37.7 Å².